The van der Waals surface area contributed by atoms with Gasteiger partial charge in [-0.15, -0.1) is 0 Å². The van der Waals surface area contributed by atoms with Crippen LogP contribution < -0.4 is 11.0 Å². The summed E-state index contributed by atoms with van der Waals surface area (Å²) in [7, 11) is -0.772. The quantitative estimate of drug-likeness (QED) is 0.752. The Morgan fingerprint density at radius 2 is 2.06 bits per heavy atom. The number of fused-ring (bicyclic) bond motifs is 1. The predicted octanol–water partition coefficient (Wildman–Crippen LogP) is 0.885. The van der Waals surface area contributed by atoms with Crippen LogP contribution in [0.15, 0.2) is 23.0 Å². The molecule has 2 unspecified atom stereocenters. The van der Waals surface area contributed by atoms with Gasteiger partial charge < -0.3 is 15.3 Å². The number of rotatable bonds is 5. The van der Waals surface area contributed by atoms with Gasteiger partial charge in [0.25, 0.3) is 0 Å². The predicted molar refractivity (Wildman–Crippen MR) is 74.3 cm³/mol. The summed E-state index contributed by atoms with van der Waals surface area (Å²) < 4.78 is 11.0. The topological polar surface area (TPSA) is 77.8 Å². The molecule has 0 bridgehead atoms. The molecule has 0 radical (unpaired) electrons. The van der Waals surface area contributed by atoms with Gasteiger partial charge in [0.2, 0.25) is 0 Å². The highest BCUT2D eigenvalue weighted by Crippen LogP contribution is 2.16. The highest BCUT2D eigenvalue weighted by Gasteiger charge is 2.07. The van der Waals surface area contributed by atoms with Crippen LogP contribution in [0, 0.1) is 0 Å². The van der Waals surface area contributed by atoms with Crippen LogP contribution in [0.2, 0.25) is 0 Å². The first kappa shape index (κ1) is 13.0. The molecule has 6 heteroatoms. The van der Waals surface area contributed by atoms with Crippen molar-refractivity contribution >= 4 is 21.8 Å². The van der Waals surface area contributed by atoms with Crippen LogP contribution in [0.1, 0.15) is 18.5 Å². The van der Waals surface area contributed by atoms with Gasteiger partial charge in [-0.2, -0.15) is 0 Å². The number of H-pyrrole nitrogens is 2. The molecule has 0 spiro atoms. The maximum Gasteiger partial charge on any atom is 0.323 e. The fourth-order valence-corrected chi connectivity index (χ4v) is 2.26. The molecule has 2 atom stereocenters. The maximum absolute atomic E-state index is 11.2. The van der Waals surface area contributed by atoms with Crippen molar-refractivity contribution in [3.63, 3.8) is 0 Å². The second kappa shape index (κ2) is 5.49. The number of imidazole rings is 1. The van der Waals surface area contributed by atoms with Gasteiger partial charge in [0.15, 0.2) is 0 Å². The molecule has 0 aliphatic heterocycles. The highest BCUT2D eigenvalue weighted by atomic mass is 32.2. The van der Waals surface area contributed by atoms with Crippen LogP contribution in [0.4, 0.5) is 0 Å². The van der Waals surface area contributed by atoms with E-state index in [1.807, 2.05) is 25.1 Å². The van der Waals surface area contributed by atoms with Crippen LogP contribution in [0.25, 0.3) is 11.0 Å². The number of aromatic nitrogens is 2. The summed E-state index contributed by atoms with van der Waals surface area (Å²) in [6.07, 6.45) is 1.70. The van der Waals surface area contributed by atoms with Crippen LogP contribution in [-0.2, 0) is 10.8 Å². The lowest BCUT2D eigenvalue weighted by Crippen LogP contribution is -2.23. The fraction of sp³-hybridized carbons (Fsp3) is 0.417. The minimum Gasteiger partial charge on any atom is -0.309 e. The molecule has 1 heterocycles. The number of nitrogens with one attached hydrogen (secondary N) is 3. The Bertz CT molecular complexity index is 617. The van der Waals surface area contributed by atoms with E-state index in [9.17, 15) is 9.00 Å². The van der Waals surface area contributed by atoms with E-state index >= 15 is 0 Å². The first-order valence-electron chi connectivity index (χ1n) is 5.81. The fourth-order valence-electron chi connectivity index (χ4n) is 1.86. The molecule has 3 N–H and O–H groups in total. The van der Waals surface area contributed by atoms with Crippen molar-refractivity contribution in [3.05, 3.63) is 34.2 Å². The zero-order valence-corrected chi connectivity index (χ0v) is 11.3. The third-order valence-corrected chi connectivity index (χ3v) is 3.66. The zero-order valence-electron chi connectivity index (χ0n) is 10.4. The smallest absolute Gasteiger partial charge is 0.309 e. The molecule has 0 aliphatic rings. The Morgan fingerprint density at radius 3 is 2.78 bits per heavy atom. The normalized spacial score (nSPS) is 14.8. The van der Waals surface area contributed by atoms with E-state index in [2.05, 4.69) is 15.3 Å². The number of benzene rings is 1. The van der Waals surface area contributed by atoms with Gasteiger partial charge in [-0.25, -0.2) is 4.79 Å². The second-order valence-electron chi connectivity index (χ2n) is 4.34. The van der Waals surface area contributed by atoms with Crippen molar-refractivity contribution < 1.29 is 4.21 Å². The van der Waals surface area contributed by atoms with Gasteiger partial charge in [0.1, 0.15) is 0 Å². The minimum absolute atomic E-state index is 0.163. The number of aromatic amines is 2. The standard InChI is InChI=1S/C12H17N3O2S/c1-8(13-5-6-18(2)17)9-3-4-10-11(7-9)15-12(16)14-10/h3-4,7-8,13H,5-6H2,1-2H3,(H2,14,15,16). The largest absolute Gasteiger partial charge is 0.323 e. The van der Waals surface area contributed by atoms with E-state index in [1.165, 1.54) is 0 Å². The Kier molecular flexibility index (Phi) is 3.98. The zero-order chi connectivity index (χ0) is 13.1. The summed E-state index contributed by atoms with van der Waals surface area (Å²) in [5.41, 5.74) is 2.53. The van der Waals surface area contributed by atoms with Crippen LogP contribution >= 0.6 is 0 Å². The Hall–Kier alpha value is -1.40. The van der Waals surface area contributed by atoms with E-state index in [1.54, 1.807) is 6.26 Å². The van der Waals surface area contributed by atoms with Gasteiger partial charge in [0, 0.05) is 35.4 Å². The molecule has 1 aromatic carbocycles. The number of hydrogen-bond acceptors (Lipinski definition) is 3. The molecule has 0 amide bonds. The van der Waals surface area contributed by atoms with Crippen LogP contribution in [0.3, 0.4) is 0 Å². The second-order valence-corrected chi connectivity index (χ2v) is 5.89. The summed E-state index contributed by atoms with van der Waals surface area (Å²) in [6, 6.07) is 5.98. The molecule has 0 saturated carbocycles. The molecule has 0 fully saturated rings. The Labute approximate surface area is 107 Å². The molecule has 2 aromatic rings. The van der Waals surface area contributed by atoms with Gasteiger partial charge in [-0.05, 0) is 24.6 Å². The summed E-state index contributed by atoms with van der Waals surface area (Å²) in [5.74, 6) is 0.646. The van der Waals surface area contributed by atoms with Crippen molar-refractivity contribution in [1.29, 1.82) is 0 Å². The van der Waals surface area contributed by atoms with Gasteiger partial charge in [-0.3, -0.25) is 4.21 Å². The lowest BCUT2D eigenvalue weighted by Gasteiger charge is -2.13. The van der Waals surface area contributed by atoms with Gasteiger partial charge in [0.05, 0.1) is 11.0 Å². The van der Waals surface area contributed by atoms with Crippen molar-refractivity contribution in [2.75, 3.05) is 18.6 Å². The molecule has 1 aromatic heterocycles. The van der Waals surface area contributed by atoms with Crippen molar-refractivity contribution in [2.45, 2.75) is 13.0 Å². The average molecular weight is 267 g/mol. The number of hydrogen-bond donors (Lipinski definition) is 3. The van der Waals surface area contributed by atoms with E-state index < -0.39 is 10.8 Å². The maximum atomic E-state index is 11.2. The molecule has 18 heavy (non-hydrogen) atoms. The molecular formula is C12H17N3O2S. The SMILES string of the molecule is CC(NCCS(C)=O)c1ccc2[nH]c(=O)[nH]c2c1. The lowest BCUT2D eigenvalue weighted by molar-refractivity contribution is 0.597. The molecule has 98 valence electrons. The summed E-state index contributed by atoms with van der Waals surface area (Å²) >= 11 is 0. The Balaban J connectivity index is 2.09. The van der Waals surface area contributed by atoms with Gasteiger partial charge in [-0.1, -0.05) is 6.07 Å². The van der Waals surface area contributed by atoms with Crippen LogP contribution in [-0.4, -0.2) is 32.7 Å². The first-order chi connectivity index (χ1) is 8.56. The van der Waals surface area contributed by atoms with Crippen molar-refractivity contribution in [2.24, 2.45) is 0 Å². The average Bonchev–Trinajstić information content (AvgIpc) is 2.67. The third-order valence-electron chi connectivity index (χ3n) is 2.88. The van der Waals surface area contributed by atoms with Crippen molar-refractivity contribution in [3.8, 4) is 0 Å². The van der Waals surface area contributed by atoms with Crippen LogP contribution in [0.5, 0.6) is 0 Å². The molecule has 5 nitrogen and oxygen atoms in total. The summed E-state index contributed by atoms with van der Waals surface area (Å²) in [6.45, 7) is 2.76. The van der Waals surface area contributed by atoms with E-state index in [4.69, 9.17) is 0 Å². The molecule has 2 rings (SSSR count). The minimum atomic E-state index is -0.772. The summed E-state index contributed by atoms with van der Waals surface area (Å²) in [4.78, 5) is 16.6. The third kappa shape index (κ3) is 3.08. The molecular weight excluding hydrogens is 250 g/mol. The molecule has 0 saturated heterocycles. The van der Waals surface area contributed by atoms with E-state index in [-0.39, 0.29) is 11.7 Å². The van der Waals surface area contributed by atoms with E-state index in [0.29, 0.717) is 12.3 Å². The lowest BCUT2D eigenvalue weighted by atomic mass is 10.1. The monoisotopic (exact) mass is 267 g/mol. The Morgan fingerprint density at radius 1 is 1.33 bits per heavy atom. The highest BCUT2D eigenvalue weighted by molar-refractivity contribution is 7.84. The van der Waals surface area contributed by atoms with Gasteiger partial charge >= 0.3 is 5.69 Å². The molecule has 0 aliphatic carbocycles. The summed E-state index contributed by atoms with van der Waals surface area (Å²) in [5, 5.41) is 3.31. The van der Waals surface area contributed by atoms with Crippen molar-refractivity contribution in [1.82, 2.24) is 15.3 Å². The first-order valence-corrected chi connectivity index (χ1v) is 7.54. The van der Waals surface area contributed by atoms with E-state index in [0.717, 1.165) is 16.6 Å².